The van der Waals surface area contributed by atoms with Crippen LogP contribution in [-0.2, 0) is 47.6 Å². The molecule has 27 heavy (non-hydrogen) atoms. The predicted octanol–water partition coefficient (Wildman–Crippen LogP) is 0.272. The number of esters is 4. The Bertz CT molecular complexity index is 601. The molecule has 10 heteroatoms. The summed E-state index contributed by atoms with van der Waals surface area (Å²) in [4.78, 5) is 45.9. The molecule has 152 valence electrons. The lowest BCUT2D eigenvalue weighted by atomic mass is 9.86. The zero-order valence-corrected chi connectivity index (χ0v) is 15.9. The van der Waals surface area contributed by atoms with E-state index < -0.39 is 60.7 Å². The number of ether oxygens (including phenoxy) is 6. The third-order valence-corrected chi connectivity index (χ3v) is 3.70. The second-order valence-corrected chi connectivity index (χ2v) is 5.84. The minimum atomic E-state index is -1.62. The van der Waals surface area contributed by atoms with Crippen molar-refractivity contribution in [1.29, 1.82) is 0 Å². The molecule has 5 atom stereocenters. The standard InChI is InChI=1S/C17H24O10/c1-7-17(8-23-9(2)18)15(25-11(4)20)13(22-6)14(24-10(3)19)16(27-17)26-12(5)21/h7,13-16H,1,8H2,2-6H3/t13-,14?,15+,16?,17?/m1/s1. The number of carbonyl (C=O) groups is 4. The molecule has 0 N–H and O–H groups in total. The van der Waals surface area contributed by atoms with Crippen LogP contribution in [0.1, 0.15) is 27.7 Å². The first-order valence-electron chi connectivity index (χ1n) is 8.05. The lowest BCUT2D eigenvalue weighted by molar-refractivity contribution is -0.322. The van der Waals surface area contributed by atoms with Crippen LogP contribution in [0.15, 0.2) is 12.7 Å². The molecule has 1 rings (SSSR count). The second kappa shape index (κ2) is 9.47. The van der Waals surface area contributed by atoms with Crippen molar-refractivity contribution in [3.63, 3.8) is 0 Å². The van der Waals surface area contributed by atoms with Gasteiger partial charge in [0.1, 0.15) is 12.7 Å². The maximum absolute atomic E-state index is 11.6. The molecular formula is C17H24O10. The molecule has 0 bridgehead atoms. The smallest absolute Gasteiger partial charge is 0.305 e. The van der Waals surface area contributed by atoms with Crippen LogP contribution < -0.4 is 0 Å². The quantitative estimate of drug-likeness (QED) is 0.341. The Hall–Kier alpha value is -2.46. The first kappa shape index (κ1) is 22.6. The van der Waals surface area contributed by atoms with E-state index in [1.807, 2.05) is 0 Å². The fourth-order valence-electron chi connectivity index (χ4n) is 2.68. The highest BCUT2D eigenvalue weighted by atomic mass is 16.7. The van der Waals surface area contributed by atoms with Crippen molar-refractivity contribution in [1.82, 2.24) is 0 Å². The molecule has 1 aliphatic rings. The van der Waals surface area contributed by atoms with Crippen LogP contribution in [0.2, 0.25) is 0 Å². The zero-order valence-electron chi connectivity index (χ0n) is 15.9. The summed E-state index contributed by atoms with van der Waals surface area (Å²) in [5.74, 6) is -2.73. The van der Waals surface area contributed by atoms with Gasteiger partial charge in [-0.1, -0.05) is 12.7 Å². The summed E-state index contributed by atoms with van der Waals surface area (Å²) >= 11 is 0. The Morgan fingerprint density at radius 2 is 1.48 bits per heavy atom. The van der Waals surface area contributed by atoms with E-state index in [1.54, 1.807) is 0 Å². The highest BCUT2D eigenvalue weighted by Crippen LogP contribution is 2.37. The summed E-state index contributed by atoms with van der Waals surface area (Å²) in [6.45, 7) is 7.86. The first-order valence-corrected chi connectivity index (χ1v) is 8.05. The Kier molecular flexibility index (Phi) is 7.92. The van der Waals surface area contributed by atoms with Crippen molar-refractivity contribution in [2.45, 2.75) is 57.9 Å². The molecule has 0 spiro atoms. The summed E-state index contributed by atoms with van der Waals surface area (Å²) in [6.07, 6.45) is -3.74. The number of rotatable bonds is 7. The van der Waals surface area contributed by atoms with E-state index in [0.29, 0.717) is 0 Å². The minimum Gasteiger partial charge on any atom is -0.462 e. The fourth-order valence-corrected chi connectivity index (χ4v) is 2.68. The van der Waals surface area contributed by atoms with Gasteiger partial charge in [0.2, 0.25) is 6.29 Å². The molecule has 0 aromatic rings. The van der Waals surface area contributed by atoms with E-state index in [1.165, 1.54) is 20.1 Å². The lowest BCUT2D eigenvalue weighted by Crippen LogP contribution is -2.68. The van der Waals surface area contributed by atoms with Crippen LogP contribution >= 0.6 is 0 Å². The third kappa shape index (κ3) is 5.76. The van der Waals surface area contributed by atoms with Crippen LogP contribution in [0, 0.1) is 0 Å². The Labute approximate surface area is 156 Å². The van der Waals surface area contributed by atoms with Crippen molar-refractivity contribution in [2.24, 2.45) is 0 Å². The number of hydrogen-bond donors (Lipinski definition) is 0. The summed E-state index contributed by atoms with van der Waals surface area (Å²) in [5.41, 5.74) is -1.62. The van der Waals surface area contributed by atoms with E-state index in [0.717, 1.165) is 20.8 Å². The van der Waals surface area contributed by atoms with Gasteiger partial charge in [0.25, 0.3) is 0 Å². The average Bonchev–Trinajstić information content (AvgIpc) is 2.54. The molecule has 0 radical (unpaired) electrons. The maximum atomic E-state index is 11.6. The van der Waals surface area contributed by atoms with Crippen molar-refractivity contribution in [3.05, 3.63) is 12.7 Å². The molecule has 1 fully saturated rings. The molecule has 0 saturated carbocycles. The van der Waals surface area contributed by atoms with Crippen molar-refractivity contribution < 1.29 is 47.6 Å². The highest BCUT2D eigenvalue weighted by Gasteiger charge is 2.59. The number of methoxy groups -OCH3 is 1. The van der Waals surface area contributed by atoms with E-state index in [9.17, 15) is 19.2 Å². The van der Waals surface area contributed by atoms with Gasteiger partial charge in [0, 0.05) is 34.8 Å². The fraction of sp³-hybridized carbons (Fsp3) is 0.647. The minimum absolute atomic E-state index is 0.409. The summed E-state index contributed by atoms with van der Waals surface area (Å²) in [7, 11) is 1.29. The van der Waals surface area contributed by atoms with E-state index in [4.69, 9.17) is 28.4 Å². The summed E-state index contributed by atoms with van der Waals surface area (Å²) in [5, 5.41) is 0. The Balaban J connectivity index is 3.42. The molecule has 0 aliphatic carbocycles. The summed E-state index contributed by atoms with van der Waals surface area (Å²) < 4.78 is 31.8. The average molecular weight is 388 g/mol. The normalized spacial score (nSPS) is 30.0. The SMILES string of the molecule is C=CC1(COC(C)=O)OC(OC(C)=O)C(OC(C)=O)[C@@H](OC)[C@@H]1OC(C)=O. The van der Waals surface area contributed by atoms with Crippen LogP contribution in [0.4, 0.5) is 0 Å². The van der Waals surface area contributed by atoms with Crippen molar-refractivity contribution in [3.8, 4) is 0 Å². The highest BCUT2D eigenvalue weighted by molar-refractivity contribution is 5.68. The van der Waals surface area contributed by atoms with Gasteiger partial charge >= 0.3 is 23.9 Å². The van der Waals surface area contributed by atoms with Gasteiger partial charge < -0.3 is 28.4 Å². The van der Waals surface area contributed by atoms with E-state index in [-0.39, 0.29) is 0 Å². The van der Waals surface area contributed by atoms with Crippen LogP contribution in [0.25, 0.3) is 0 Å². The first-order chi connectivity index (χ1) is 12.6. The maximum Gasteiger partial charge on any atom is 0.305 e. The van der Waals surface area contributed by atoms with Gasteiger partial charge in [-0.05, 0) is 0 Å². The molecule has 0 amide bonds. The van der Waals surface area contributed by atoms with Gasteiger partial charge in [0.05, 0.1) is 0 Å². The summed E-state index contributed by atoms with van der Waals surface area (Å²) in [6, 6.07) is 0. The Morgan fingerprint density at radius 1 is 0.926 bits per heavy atom. The van der Waals surface area contributed by atoms with Crippen molar-refractivity contribution in [2.75, 3.05) is 13.7 Å². The van der Waals surface area contributed by atoms with E-state index in [2.05, 4.69) is 6.58 Å². The molecule has 0 aromatic heterocycles. The molecular weight excluding hydrogens is 364 g/mol. The van der Waals surface area contributed by atoms with Gasteiger partial charge in [0.15, 0.2) is 17.8 Å². The Morgan fingerprint density at radius 3 is 1.89 bits per heavy atom. The van der Waals surface area contributed by atoms with Gasteiger partial charge in [-0.3, -0.25) is 19.2 Å². The lowest BCUT2D eigenvalue weighted by Gasteiger charge is -2.49. The number of hydrogen-bond acceptors (Lipinski definition) is 10. The number of carbonyl (C=O) groups excluding carboxylic acids is 4. The van der Waals surface area contributed by atoms with Crippen LogP contribution in [0.3, 0.4) is 0 Å². The second-order valence-electron chi connectivity index (χ2n) is 5.84. The molecule has 0 aromatic carbocycles. The third-order valence-electron chi connectivity index (χ3n) is 3.70. The van der Waals surface area contributed by atoms with Gasteiger partial charge in [-0.15, -0.1) is 0 Å². The predicted molar refractivity (Wildman–Crippen MR) is 88.1 cm³/mol. The zero-order chi connectivity index (χ0) is 20.8. The van der Waals surface area contributed by atoms with Crippen LogP contribution in [-0.4, -0.2) is 67.8 Å². The molecule has 1 aliphatic heterocycles. The van der Waals surface area contributed by atoms with Gasteiger partial charge in [-0.25, -0.2) is 0 Å². The molecule has 1 heterocycles. The molecule has 3 unspecified atom stereocenters. The monoisotopic (exact) mass is 388 g/mol. The molecule has 1 saturated heterocycles. The largest absolute Gasteiger partial charge is 0.462 e. The van der Waals surface area contributed by atoms with Crippen molar-refractivity contribution >= 4 is 23.9 Å². The topological polar surface area (TPSA) is 124 Å². The van der Waals surface area contributed by atoms with E-state index >= 15 is 0 Å². The van der Waals surface area contributed by atoms with Crippen LogP contribution in [0.5, 0.6) is 0 Å². The van der Waals surface area contributed by atoms with Gasteiger partial charge in [-0.2, -0.15) is 0 Å². The molecule has 10 nitrogen and oxygen atoms in total.